The molecule has 2 aromatic rings. The molecule has 172 valence electrons. The Labute approximate surface area is 192 Å². The SMILES string of the molecule is CCOC(=O)N1CCC(N2C(=O)C(Nc3cccc(OC)c3)=C(c3ccccc3)C2=O)CC1. The van der Waals surface area contributed by atoms with Gasteiger partial charge < -0.3 is 19.7 Å². The number of benzene rings is 2. The predicted molar refractivity (Wildman–Crippen MR) is 123 cm³/mol. The van der Waals surface area contributed by atoms with Gasteiger partial charge >= 0.3 is 6.09 Å². The largest absolute Gasteiger partial charge is 0.497 e. The minimum atomic E-state index is -0.365. The van der Waals surface area contributed by atoms with Crippen LogP contribution in [0.4, 0.5) is 10.5 Å². The fraction of sp³-hybridized carbons (Fsp3) is 0.320. The third-order valence-corrected chi connectivity index (χ3v) is 5.87. The molecule has 1 fully saturated rings. The fourth-order valence-electron chi connectivity index (χ4n) is 4.23. The number of anilines is 1. The number of imide groups is 1. The predicted octanol–water partition coefficient (Wildman–Crippen LogP) is 3.51. The summed E-state index contributed by atoms with van der Waals surface area (Å²) in [5, 5.41) is 3.16. The Bertz CT molecular complexity index is 1070. The number of piperidine rings is 1. The number of rotatable bonds is 6. The van der Waals surface area contributed by atoms with Gasteiger partial charge in [0.05, 0.1) is 19.3 Å². The van der Waals surface area contributed by atoms with Gasteiger partial charge in [-0.05, 0) is 37.5 Å². The monoisotopic (exact) mass is 449 g/mol. The van der Waals surface area contributed by atoms with Gasteiger partial charge in [0.15, 0.2) is 0 Å². The first-order valence-electron chi connectivity index (χ1n) is 11.0. The molecule has 2 heterocycles. The van der Waals surface area contributed by atoms with Crippen molar-refractivity contribution in [3.05, 3.63) is 65.9 Å². The maximum absolute atomic E-state index is 13.5. The fourth-order valence-corrected chi connectivity index (χ4v) is 4.23. The Morgan fingerprint density at radius 1 is 1.03 bits per heavy atom. The minimum absolute atomic E-state index is 0.243. The third kappa shape index (κ3) is 4.55. The summed E-state index contributed by atoms with van der Waals surface area (Å²) in [6.45, 7) is 2.94. The Hall–Kier alpha value is -3.81. The summed E-state index contributed by atoms with van der Waals surface area (Å²) >= 11 is 0. The van der Waals surface area contributed by atoms with Crippen molar-refractivity contribution >= 4 is 29.2 Å². The lowest BCUT2D eigenvalue weighted by Crippen LogP contribution is -2.49. The Balaban J connectivity index is 1.61. The number of methoxy groups -OCH3 is 1. The summed E-state index contributed by atoms with van der Waals surface area (Å²) < 4.78 is 10.4. The van der Waals surface area contributed by atoms with Crippen LogP contribution >= 0.6 is 0 Å². The van der Waals surface area contributed by atoms with Gasteiger partial charge in [0, 0.05) is 30.9 Å². The van der Waals surface area contributed by atoms with E-state index in [0.29, 0.717) is 55.1 Å². The standard InChI is InChI=1S/C25H27N3O5/c1-3-33-25(31)27-14-12-19(13-15-27)28-23(29)21(17-8-5-4-6-9-17)22(24(28)30)26-18-10-7-11-20(16-18)32-2/h4-11,16,19,26H,3,12-15H2,1-2H3. The number of carbonyl (C=O) groups excluding carboxylic acids is 3. The molecule has 33 heavy (non-hydrogen) atoms. The molecule has 2 aliphatic rings. The van der Waals surface area contributed by atoms with E-state index in [0.717, 1.165) is 0 Å². The van der Waals surface area contributed by atoms with Crippen molar-refractivity contribution in [3.8, 4) is 5.75 Å². The number of nitrogens with zero attached hydrogens (tertiary/aromatic N) is 2. The molecule has 0 spiro atoms. The summed E-state index contributed by atoms with van der Waals surface area (Å²) in [7, 11) is 1.57. The average molecular weight is 450 g/mol. The molecule has 8 nitrogen and oxygen atoms in total. The van der Waals surface area contributed by atoms with Crippen LogP contribution in [0.3, 0.4) is 0 Å². The molecule has 1 saturated heterocycles. The molecule has 1 N–H and O–H groups in total. The zero-order valence-corrected chi connectivity index (χ0v) is 18.7. The van der Waals surface area contributed by atoms with Crippen LogP contribution in [0.1, 0.15) is 25.3 Å². The molecule has 0 aliphatic carbocycles. The molecule has 2 aliphatic heterocycles. The van der Waals surface area contributed by atoms with Crippen molar-refractivity contribution in [2.75, 3.05) is 32.1 Å². The minimum Gasteiger partial charge on any atom is -0.497 e. The first-order valence-corrected chi connectivity index (χ1v) is 11.0. The van der Waals surface area contributed by atoms with Gasteiger partial charge in [-0.1, -0.05) is 36.4 Å². The molecule has 0 radical (unpaired) electrons. The quantitative estimate of drug-likeness (QED) is 0.679. The van der Waals surface area contributed by atoms with E-state index in [1.807, 2.05) is 48.5 Å². The lowest BCUT2D eigenvalue weighted by atomic mass is 10.0. The molecule has 3 amide bonds. The number of carbonyl (C=O) groups is 3. The van der Waals surface area contributed by atoms with Crippen molar-refractivity contribution in [3.63, 3.8) is 0 Å². The lowest BCUT2D eigenvalue weighted by molar-refractivity contribution is -0.140. The zero-order chi connectivity index (χ0) is 23.4. The van der Waals surface area contributed by atoms with E-state index in [4.69, 9.17) is 9.47 Å². The normalized spacial score (nSPS) is 16.9. The van der Waals surface area contributed by atoms with Crippen LogP contribution < -0.4 is 10.1 Å². The molecule has 0 bridgehead atoms. The van der Waals surface area contributed by atoms with Crippen LogP contribution in [-0.2, 0) is 14.3 Å². The average Bonchev–Trinajstić information content (AvgIpc) is 3.09. The number of amides is 3. The number of likely N-dealkylation sites (tertiary alicyclic amines) is 1. The van der Waals surface area contributed by atoms with Gasteiger partial charge in [-0.3, -0.25) is 14.5 Å². The van der Waals surface area contributed by atoms with Gasteiger partial charge in [-0.2, -0.15) is 0 Å². The van der Waals surface area contributed by atoms with Crippen LogP contribution in [-0.4, -0.2) is 60.6 Å². The second kappa shape index (κ2) is 9.77. The highest BCUT2D eigenvalue weighted by Crippen LogP contribution is 2.34. The summed E-state index contributed by atoms with van der Waals surface area (Å²) in [6, 6.07) is 16.1. The molecule has 0 saturated carbocycles. The second-order valence-electron chi connectivity index (χ2n) is 7.87. The molecular weight excluding hydrogens is 422 g/mol. The molecule has 0 atom stereocenters. The van der Waals surface area contributed by atoms with Crippen LogP contribution in [0.15, 0.2) is 60.3 Å². The summed E-state index contributed by atoms with van der Waals surface area (Å²) in [5.41, 5.74) is 1.91. The topological polar surface area (TPSA) is 88.2 Å². The van der Waals surface area contributed by atoms with Crippen molar-refractivity contribution in [1.29, 1.82) is 0 Å². The lowest BCUT2D eigenvalue weighted by Gasteiger charge is -2.35. The molecule has 2 aromatic carbocycles. The summed E-state index contributed by atoms with van der Waals surface area (Å²) in [4.78, 5) is 42.0. The maximum Gasteiger partial charge on any atom is 0.409 e. The van der Waals surface area contributed by atoms with Gasteiger partial charge in [0.1, 0.15) is 11.4 Å². The van der Waals surface area contributed by atoms with E-state index >= 15 is 0 Å². The van der Waals surface area contributed by atoms with Gasteiger partial charge in [-0.25, -0.2) is 4.79 Å². The van der Waals surface area contributed by atoms with E-state index in [2.05, 4.69) is 5.32 Å². The third-order valence-electron chi connectivity index (χ3n) is 5.87. The van der Waals surface area contributed by atoms with Crippen LogP contribution in [0.25, 0.3) is 5.57 Å². The van der Waals surface area contributed by atoms with Crippen molar-refractivity contribution < 1.29 is 23.9 Å². The smallest absolute Gasteiger partial charge is 0.409 e. The van der Waals surface area contributed by atoms with Crippen molar-refractivity contribution in [2.45, 2.75) is 25.8 Å². The molecular formula is C25H27N3O5. The molecule has 4 rings (SSSR count). The summed E-state index contributed by atoms with van der Waals surface area (Å²) in [5.74, 6) is -0.0516. The first-order chi connectivity index (χ1) is 16.0. The van der Waals surface area contributed by atoms with E-state index in [-0.39, 0.29) is 29.6 Å². The number of hydrogen-bond donors (Lipinski definition) is 1. The van der Waals surface area contributed by atoms with Gasteiger partial charge in [-0.15, -0.1) is 0 Å². The highest BCUT2D eigenvalue weighted by Gasteiger charge is 2.44. The number of hydrogen-bond acceptors (Lipinski definition) is 6. The van der Waals surface area contributed by atoms with E-state index in [1.54, 1.807) is 25.0 Å². The molecule has 8 heteroatoms. The highest BCUT2D eigenvalue weighted by molar-refractivity contribution is 6.36. The number of nitrogens with one attached hydrogen (secondary N) is 1. The molecule has 0 aromatic heterocycles. The first kappa shape index (κ1) is 22.4. The van der Waals surface area contributed by atoms with Crippen molar-refractivity contribution in [2.24, 2.45) is 0 Å². The Morgan fingerprint density at radius 3 is 2.42 bits per heavy atom. The van der Waals surface area contributed by atoms with Crippen LogP contribution in [0, 0.1) is 0 Å². The van der Waals surface area contributed by atoms with E-state index in [9.17, 15) is 14.4 Å². The van der Waals surface area contributed by atoms with Gasteiger partial charge in [0.25, 0.3) is 11.8 Å². The molecule has 0 unspecified atom stereocenters. The van der Waals surface area contributed by atoms with Crippen LogP contribution in [0.5, 0.6) is 5.75 Å². The van der Waals surface area contributed by atoms with Crippen molar-refractivity contribution in [1.82, 2.24) is 9.80 Å². The number of ether oxygens (including phenoxy) is 2. The Morgan fingerprint density at radius 2 is 1.76 bits per heavy atom. The van der Waals surface area contributed by atoms with E-state index in [1.165, 1.54) is 4.90 Å². The maximum atomic E-state index is 13.5. The summed E-state index contributed by atoms with van der Waals surface area (Å²) in [6.07, 6.45) is 0.647. The van der Waals surface area contributed by atoms with E-state index < -0.39 is 0 Å². The van der Waals surface area contributed by atoms with Crippen LogP contribution in [0.2, 0.25) is 0 Å². The van der Waals surface area contributed by atoms with Gasteiger partial charge in [0.2, 0.25) is 0 Å². The second-order valence-corrected chi connectivity index (χ2v) is 7.87. The zero-order valence-electron chi connectivity index (χ0n) is 18.7. The Kier molecular flexibility index (Phi) is 6.63. The highest BCUT2D eigenvalue weighted by atomic mass is 16.6.